The predicted octanol–water partition coefficient (Wildman–Crippen LogP) is 12.7. The Morgan fingerprint density at radius 2 is 1.08 bits per heavy atom. The Hall–Kier alpha value is -6.65. The third-order valence-electron chi connectivity index (χ3n) is 10.3. The molecular formula is C49H37N3O. The molecule has 0 bridgehead atoms. The highest BCUT2D eigenvalue weighted by atomic mass is 16.3. The molecule has 0 atom stereocenters. The first-order chi connectivity index (χ1) is 25.9. The van der Waals surface area contributed by atoms with Gasteiger partial charge in [-0.15, -0.1) is 0 Å². The average Bonchev–Trinajstić information content (AvgIpc) is 3.60. The number of benzene rings is 6. The Bertz CT molecular complexity index is 2630. The zero-order valence-corrected chi connectivity index (χ0v) is 29.8. The lowest BCUT2D eigenvalue weighted by Crippen LogP contribution is -2.18. The molecule has 1 aliphatic carbocycles. The van der Waals surface area contributed by atoms with Crippen molar-refractivity contribution < 1.29 is 4.42 Å². The van der Waals surface area contributed by atoms with Crippen molar-refractivity contribution in [2.24, 2.45) is 0 Å². The Kier molecular flexibility index (Phi) is 8.01. The van der Waals surface area contributed by atoms with Gasteiger partial charge < -0.3 is 4.42 Å². The lowest BCUT2D eigenvalue weighted by molar-refractivity contribution is 0.533. The van der Waals surface area contributed by atoms with Crippen LogP contribution in [0.3, 0.4) is 0 Å². The van der Waals surface area contributed by atoms with Crippen molar-refractivity contribution in [3.8, 4) is 56.4 Å². The van der Waals surface area contributed by atoms with Crippen molar-refractivity contribution in [3.63, 3.8) is 0 Å². The Labute approximate surface area is 309 Å². The molecule has 0 aliphatic heterocycles. The van der Waals surface area contributed by atoms with Crippen molar-refractivity contribution in [2.45, 2.75) is 25.7 Å². The Morgan fingerprint density at radius 1 is 0.528 bits per heavy atom. The fourth-order valence-corrected chi connectivity index (χ4v) is 7.52. The minimum absolute atomic E-state index is 0.121. The fourth-order valence-electron chi connectivity index (χ4n) is 7.52. The first-order valence-corrected chi connectivity index (χ1v) is 18.0. The minimum atomic E-state index is -0.121. The molecule has 0 radical (unpaired) electrons. The van der Waals surface area contributed by atoms with Gasteiger partial charge in [-0.2, -0.15) is 0 Å². The van der Waals surface area contributed by atoms with E-state index in [1.807, 2.05) is 72.8 Å². The van der Waals surface area contributed by atoms with Gasteiger partial charge in [0.1, 0.15) is 11.3 Å². The van der Waals surface area contributed by atoms with Crippen LogP contribution >= 0.6 is 0 Å². The minimum Gasteiger partial charge on any atom is -0.455 e. The molecule has 8 aromatic rings. The molecule has 53 heavy (non-hydrogen) atoms. The van der Waals surface area contributed by atoms with E-state index in [4.69, 9.17) is 19.4 Å². The highest BCUT2D eigenvalue weighted by molar-refractivity contribution is 5.97. The number of nitrogens with zero attached hydrogens (tertiary/aromatic N) is 3. The zero-order valence-electron chi connectivity index (χ0n) is 29.8. The number of para-hydroxylation sites is 1. The zero-order chi connectivity index (χ0) is 35.9. The summed E-state index contributed by atoms with van der Waals surface area (Å²) in [4.78, 5) is 15.1. The number of furan rings is 1. The molecule has 4 heteroatoms. The van der Waals surface area contributed by atoms with Crippen LogP contribution in [-0.4, -0.2) is 15.0 Å². The van der Waals surface area contributed by atoms with E-state index >= 15 is 0 Å². The average molecular weight is 684 g/mol. The number of aromatic nitrogens is 3. The number of rotatable bonds is 5. The van der Waals surface area contributed by atoms with Gasteiger partial charge in [0.2, 0.25) is 0 Å². The maximum atomic E-state index is 6.54. The van der Waals surface area contributed by atoms with Crippen molar-refractivity contribution in [2.75, 3.05) is 0 Å². The van der Waals surface area contributed by atoms with Crippen molar-refractivity contribution in [1.82, 2.24) is 15.0 Å². The molecule has 2 heterocycles. The Balaban J connectivity index is 1.21. The van der Waals surface area contributed by atoms with Gasteiger partial charge in [-0.1, -0.05) is 172 Å². The van der Waals surface area contributed by atoms with Gasteiger partial charge in [0, 0.05) is 33.2 Å². The monoisotopic (exact) mass is 683 g/mol. The summed E-state index contributed by atoms with van der Waals surface area (Å²) in [5.41, 5.74) is 12.2. The van der Waals surface area contributed by atoms with Crippen LogP contribution in [0.1, 0.15) is 42.7 Å². The largest absolute Gasteiger partial charge is 0.455 e. The highest BCUT2D eigenvalue weighted by Crippen LogP contribution is 2.44. The summed E-state index contributed by atoms with van der Waals surface area (Å²) in [5, 5.41) is 1.10. The topological polar surface area (TPSA) is 51.8 Å². The van der Waals surface area contributed by atoms with Gasteiger partial charge in [-0.05, 0) is 57.3 Å². The molecule has 2 aromatic heterocycles. The lowest BCUT2D eigenvalue weighted by Gasteiger charge is -2.27. The van der Waals surface area contributed by atoms with Gasteiger partial charge in [0.25, 0.3) is 0 Å². The van der Waals surface area contributed by atoms with E-state index in [1.165, 1.54) is 5.56 Å². The summed E-state index contributed by atoms with van der Waals surface area (Å²) in [6.07, 6.45) is 5.37. The van der Waals surface area contributed by atoms with Crippen LogP contribution in [0.15, 0.2) is 169 Å². The molecule has 0 N–H and O–H groups in total. The Morgan fingerprint density at radius 3 is 1.75 bits per heavy atom. The summed E-state index contributed by atoms with van der Waals surface area (Å²) in [7, 11) is 0. The maximum absolute atomic E-state index is 6.54. The van der Waals surface area contributed by atoms with Crippen LogP contribution in [0.2, 0.25) is 0 Å². The van der Waals surface area contributed by atoms with Crippen LogP contribution in [0.5, 0.6) is 0 Å². The molecule has 0 saturated carbocycles. The normalized spacial score (nSPS) is 14.1. The van der Waals surface area contributed by atoms with Gasteiger partial charge in [-0.25, -0.2) is 15.0 Å². The molecular weight excluding hydrogens is 647 g/mol. The highest BCUT2D eigenvalue weighted by Gasteiger charge is 2.28. The first kappa shape index (κ1) is 32.3. The van der Waals surface area contributed by atoms with Gasteiger partial charge >= 0.3 is 0 Å². The molecule has 0 spiro atoms. The van der Waals surface area contributed by atoms with Crippen LogP contribution in [0.25, 0.3) is 79.0 Å². The van der Waals surface area contributed by atoms with Gasteiger partial charge in [0.05, 0.1) is 0 Å². The van der Waals surface area contributed by atoms with Crippen molar-refractivity contribution >= 4 is 22.6 Å². The summed E-state index contributed by atoms with van der Waals surface area (Å²) in [5.74, 6) is 2.71. The lowest BCUT2D eigenvalue weighted by atomic mass is 9.76. The van der Waals surface area contributed by atoms with Crippen LogP contribution < -0.4 is 0 Å². The van der Waals surface area contributed by atoms with Crippen LogP contribution in [0, 0.1) is 0 Å². The van der Waals surface area contributed by atoms with E-state index in [0.29, 0.717) is 17.5 Å². The van der Waals surface area contributed by atoms with Crippen molar-refractivity contribution in [1.29, 1.82) is 0 Å². The second-order valence-corrected chi connectivity index (χ2v) is 14.2. The van der Waals surface area contributed by atoms with Crippen LogP contribution in [-0.2, 0) is 5.41 Å². The van der Waals surface area contributed by atoms with Gasteiger partial charge in [0.15, 0.2) is 17.5 Å². The molecule has 0 amide bonds. The summed E-state index contributed by atoms with van der Waals surface area (Å²) in [6, 6.07) is 52.3. The third kappa shape index (κ3) is 5.88. The molecule has 254 valence electrons. The maximum Gasteiger partial charge on any atom is 0.164 e. The second kappa shape index (κ2) is 13.2. The fraction of sp³-hybridized carbons (Fsp3) is 0.0816. The molecule has 0 unspecified atom stereocenters. The molecule has 9 rings (SSSR count). The smallest absolute Gasteiger partial charge is 0.164 e. The summed E-state index contributed by atoms with van der Waals surface area (Å²) in [6.45, 7) is 9.30. The van der Waals surface area contributed by atoms with E-state index in [2.05, 4.69) is 111 Å². The van der Waals surface area contributed by atoms with E-state index in [9.17, 15) is 0 Å². The first-order valence-electron chi connectivity index (χ1n) is 18.0. The quantitative estimate of drug-likeness (QED) is 0.181. The van der Waals surface area contributed by atoms with Crippen LogP contribution in [0.4, 0.5) is 0 Å². The van der Waals surface area contributed by atoms with E-state index in [-0.39, 0.29) is 5.41 Å². The predicted molar refractivity (Wildman–Crippen MR) is 218 cm³/mol. The molecule has 0 fully saturated rings. The summed E-state index contributed by atoms with van der Waals surface area (Å²) >= 11 is 0. The summed E-state index contributed by atoms with van der Waals surface area (Å²) < 4.78 is 6.54. The molecule has 1 aliphatic rings. The second-order valence-electron chi connectivity index (χ2n) is 14.2. The molecule has 4 nitrogen and oxygen atoms in total. The van der Waals surface area contributed by atoms with E-state index in [0.717, 1.165) is 78.8 Å². The van der Waals surface area contributed by atoms with E-state index in [1.54, 1.807) is 0 Å². The standard InChI is InChI=1S/C49H37N3O/c1-32-42-31-35(28-29-43(42)49(2,3)30-16-26-40-39-24-14-15-27-44(39)53-45(32)40)36-21-10-11-22-37(36)38-23-12-13-25-41(38)48-51-46(33-17-6-4-7-18-33)50-47(52-48)34-19-8-5-9-20-34/h4-29,31H,1,30H2,2-3H3/b26-16-. The molecule has 6 aromatic carbocycles. The number of hydrogen-bond acceptors (Lipinski definition) is 4. The number of fused-ring (bicyclic) bond motifs is 4. The SMILES string of the molecule is C=C1c2cc(-c3ccccc3-c3ccccc3-c3nc(-c4ccccc4)nc(-c4ccccc4)n3)ccc2C(C)(C)C/C=C\c2c1oc1ccccc21. The van der Waals surface area contributed by atoms with Gasteiger partial charge in [-0.3, -0.25) is 0 Å². The number of allylic oxidation sites excluding steroid dienone is 1. The number of hydrogen-bond donors (Lipinski definition) is 0. The van der Waals surface area contributed by atoms with Crippen molar-refractivity contribution in [3.05, 3.63) is 187 Å². The van der Waals surface area contributed by atoms with E-state index < -0.39 is 0 Å². The molecule has 0 saturated heterocycles. The third-order valence-corrected chi connectivity index (χ3v) is 10.3.